The van der Waals surface area contributed by atoms with Gasteiger partial charge < -0.3 is 14.7 Å². The van der Waals surface area contributed by atoms with Crippen molar-refractivity contribution < 1.29 is 19.4 Å². The van der Waals surface area contributed by atoms with Gasteiger partial charge in [-0.15, -0.1) is 0 Å². The molecule has 1 amide bonds. The molecule has 24 heavy (non-hydrogen) atoms. The minimum absolute atomic E-state index is 0.140. The number of benzene rings is 1. The zero-order chi connectivity index (χ0) is 17.4. The number of carboxylic acids is 1. The van der Waals surface area contributed by atoms with Crippen LogP contribution in [0.4, 0.5) is 0 Å². The van der Waals surface area contributed by atoms with E-state index in [1.165, 1.54) is 0 Å². The summed E-state index contributed by atoms with van der Waals surface area (Å²) in [6, 6.07) is 9.62. The lowest BCUT2D eigenvalue weighted by atomic mass is 10.00. The van der Waals surface area contributed by atoms with E-state index in [9.17, 15) is 9.59 Å². The summed E-state index contributed by atoms with van der Waals surface area (Å²) in [7, 11) is 0. The predicted octanol–water partition coefficient (Wildman–Crippen LogP) is 2.72. The van der Waals surface area contributed by atoms with Crippen LogP contribution in [0.5, 0.6) is 0 Å². The Kier molecular flexibility index (Phi) is 7.00. The second-order valence-corrected chi connectivity index (χ2v) is 6.25. The molecule has 1 unspecified atom stereocenters. The van der Waals surface area contributed by atoms with Crippen molar-refractivity contribution in [2.24, 2.45) is 11.8 Å². The van der Waals surface area contributed by atoms with E-state index in [-0.39, 0.29) is 12.5 Å². The van der Waals surface area contributed by atoms with Crippen LogP contribution in [0.3, 0.4) is 0 Å². The number of hydrogen-bond donors (Lipinski definition) is 1. The molecule has 1 fully saturated rings. The van der Waals surface area contributed by atoms with Gasteiger partial charge in [0.05, 0.1) is 5.92 Å². The average molecular weight is 331 g/mol. The Bertz CT molecular complexity index is 564. The van der Waals surface area contributed by atoms with E-state index >= 15 is 0 Å². The average Bonchev–Trinajstić information content (AvgIpc) is 2.60. The maximum absolute atomic E-state index is 12.6. The van der Waals surface area contributed by atoms with Gasteiger partial charge in [0.15, 0.2) is 0 Å². The van der Waals surface area contributed by atoms with E-state index in [1.54, 1.807) is 17.9 Å². The van der Waals surface area contributed by atoms with Crippen molar-refractivity contribution in [3.63, 3.8) is 0 Å². The largest absolute Gasteiger partial charge is 0.481 e. The molecule has 2 rings (SSSR count). The maximum atomic E-state index is 12.6. The molecule has 1 saturated heterocycles. The maximum Gasteiger partial charge on any atom is 0.308 e. The van der Waals surface area contributed by atoms with Gasteiger partial charge in [0.25, 0.3) is 0 Å². The number of amides is 1. The second kappa shape index (κ2) is 9.23. The molecular formula is C19H25NO4. The van der Waals surface area contributed by atoms with Crippen LogP contribution in [0, 0.1) is 11.8 Å². The van der Waals surface area contributed by atoms with E-state index in [0.717, 1.165) is 31.6 Å². The van der Waals surface area contributed by atoms with E-state index in [1.807, 2.05) is 36.4 Å². The molecule has 1 N–H and O–H groups in total. The highest BCUT2D eigenvalue weighted by Crippen LogP contribution is 2.16. The van der Waals surface area contributed by atoms with E-state index in [4.69, 9.17) is 9.84 Å². The lowest BCUT2D eigenvalue weighted by molar-refractivity contribution is -0.142. The van der Waals surface area contributed by atoms with Gasteiger partial charge in [0, 0.05) is 26.3 Å². The van der Waals surface area contributed by atoms with Gasteiger partial charge in [-0.3, -0.25) is 9.59 Å². The van der Waals surface area contributed by atoms with Gasteiger partial charge in [0.2, 0.25) is 5.91 Å². The number of ether oxygens (including phenoxy) is 1. The number of carbonyl (C=O) groups is 2. The second-order valence-electron chi connectivity index (χ2n) is 6.25. The monoisotopic (exact) mass is 331 g/mol. The van der Waals surface area contributed by atoms with Crippen LogP contribution in [-0.2, 0) is 20.9 Å². The van der Waals surface area contributed by atoms with Gasteiger partial charge >= 0.3 is 5.97 Å². The molecular weight excluding hydrogens is 306 g/mol. The minimum atomic E-state index is -0.894. The summed E-state index contributed by atoms with van der Waals surface area (Å²) >= 11 is 0. The van der Waals surface area contributed by atoms with Gasteiger partial charge in [-0.1, -0.05) is 43.3 Å². The summed E-state index contributed by atoms with van der Waals surface area (Å²) in [5.41, 5.74) is 0.989. The quantitative estimate of drug-likeness (QED) is 0.780. The SMILES string of the molecule is CC(CN(Cc1ccccc1)C(=O)/C=C/C1CCOCC1)C(=O)O. The van der Waals surface area contributed by atoms with Gasteiger partial charge in [0.1, 0.15) is 0 Å². The number of hydrogen-bond acceptors (Lipinski definition) is 3. The van der Waals surface area contributed by atoms with Gasteiger partial charge in [-0.25, -0.2) is 0 Å². The summed E-state index contributed by atoms with van der Waals surface area (Å²) in [5.74, 6) is -1.28. The zero-order valence-electron chi connectivity index (χ0n) is 14.1. The number of carbonyl (C=O) groups excluding carboxylic acids is 1. The van der Waals surface area contributed by atoms with Crippen LogP contribution >= 0.6 is 0 Å². The highest BCUT2D eigenvalue weighted by Gasteiger charge is 2.20. The number of carboxylic acid groups (broad SMARTS) is 1. The first-order valence-electron chi connectivity index (χ1n) is 8.38. The van der Waals surface area contributed by atoms with Crippen molar-refractivity contribution in [3.05, 3.63) is 48.0 Å². The molecule has 5 heteroatoms. The molecule has 1 aliphatic heterocycles. The van der Waals surface area contributed by atoms with Gasteiger partial charge in [-0.05, 0) is 30.4 Å². The van der Waals surface area contributed by atoms with Crippen molar-refractivity contribution >= 4 is 11.9 Å². The van der Waals surface area contributed by atoms with Crippen LogP contribution in [0.1, 0.15) is 25.3 Å². The minimum Gasteiger partial charge on any atom is -0.481 e. The molecule has 0 aromatic heterocycles. The van der Waals surface area contributed by atoms with Crippen LogP contribution in [-0.4, -0.2) is 41.6 Å². The molecule has 130 valence electrons. The van der Waals surface area contributed by atoms with Crippen molar-refractivity contribution in [1.82, 2.24) is 4.90 Å². The molecule has 0 bridgehead atoms. The Hall–Kier alpha value is -2.14. The van der Waals surface area contributed by atoms with Crippen LogP contribution < -0.4 is 0 Å². The summed E-state index contributed by atoms with van der Waals surface area (Å²) in [6.45, 7) is 3.69. The van der Waals surface area contributed by atoms with E-state index in [2.05, 4.69) is 0 Å². The van der Waals surface area contributed by atoms with Crippen molar-refractivity contribution in [2.75, 3.05) is 19.8 Å². The van der Waals surface area contributed by atoms with Crippen molar-refractivity contribution in [1.29, 1.82) is 0 Å². The fourth-order valence-electron chi connectivity index (χ4n) is 2.68. The Morgan fingerprint density at radius 2 is 1.96 bits per heavy atom. The Morgan fingerprint density at radius 3 is 2.58 bits per heavy atom. The third-order valence-corrected chi connectivity index (χ3v) is 4.22. The fourth-order valence-corrected chi connectivity index (χ4v) is 2.68. The molecule has 0 radical (unpaired) electrons. The lowest BCUT2D eigenvalue weighted by Gasteiger charge is -2.24. The number of allylic oxidation sites excluding steroid dienone is 1. The van der Waals surface area contributed by atoms with Crippen LogP contribution in [0.15, 0.2) is 42.5 Å². The summed E-state index contributed by atoms with van der Waals surface area (Å²) in [4.78, 5) is 25.3. The molecule has 0 saturated carbocycles. The van der Waals surface area contributed by atoms with E-state index in [0.29, 0.717) is 12.5 Å². The topological polar surface area (TPSA) is 66.8 Å². The third-order valence-electron chi connectivity index (χ3n) is 4.22. The third kappa shape index (κ3) is 5.81. The molecule has 0 spiro atoms. The molecule has 0 aliphatic carbocycles. The lowest BCUT2D eigenvalue weighted by Crippen LogP contribution is -2.35. The van der Waals surface area contributed by atoms with Crippen LogP contribution in [0.2, 0.25) is 0 Å². The Morgan fingerprint density at radius 1 is 1.29 bits per heavy atom. The molecule has 1 heterocycles. The highest BCUT2D eigenvalue weighted by atomic mass is 16.5. The molecule has 1 aromatic carbocycles. The number of nitrogens with zero attached hydrogens (tertiary/aromatic N) is 1. The Labute approximate surface area is 142 Å². The van der Waals surface area contributed by atoms with E-state index < -0.39 is 11.9 Å². The van der Waals surface area contributed by atoms with Gasteiger partial charge in [-0.2, -0.15) is 0 Å². The first-order chi connectivity index (χ1) is 11.6. The summed E-state index contributed by atoms with van der Waals surface area (Å²) < 4.78 is 5.32. The van der Waals surface area contributed by atoms with Crippen molar-refractivity contribution in [2.45, 2.75) is 26.3 Å². The first kappa shape index (κ1) is 18.2. The summed E-state index contributed by atoms with van der Waals surface area (Å²) in [5, 5.41) is 9.14. The number of aliphatic carboxylic acids is 1. The number of rotatable bonds is 7. The highest BCUT2D eigenvalue weighted by molar-refractivity contribution is 5.88. The van der Waals surface area contributed by atoms with Crippen LogP contribution in [0.25, 0.3) is 0 Å². The molecule has 1 aliphatic rings. The van der Waals surface area contributed by atoms with Crippen molar-refractivity contribution in [3.8, 4) is 0 Å². The Balaban J connectivity index is 2.03. The first-order valence-corrected chi connectivity index (χ1v) is 8.38. The molecule has 1 aromatic rings. The summed E-state index contributed by atoms with van der Waals surface area (Å²) in [6.07, 6.45) is 5.38. The normalized spacial score (nSPS) is 16.9. The standard InChI is InChI=1S/C19H25NO4/c1-15(19(22)23)13-20(14-17-5-3-2-4-6-17)18(21)8-7-16-9-11-24-12-10-16/h2-8,15-16H,9-14H2,1H3,(H,22,23)/b8-7+. The zero-order valence-corrected chi connectivity index (χ0v) is 14.1. The fraction of sp³-hybridized carbons (Fsp3) is 0.474. The smallest absolute Gasteiger partial charge is 0.308 e. The predicted molar refractivity (Wildman–Crippen MR) is 91.3 cm³/mol. The molecule has 1 atom stereocenters. The molecule has 5 nitrogen and oxygen atoms in total.